The summed E-state index contributed by atoms with van der Waals surface area (Å²) in [5.41, 5.74) is 5.80. The summed E-state index contributed by atoms with van der Waals surface area (Å²) in [5.74, 6) is 0.217. The number of ether oxygens (including phenoxy) is 1. The normalized spacial score (nSPS) is 13.6. The molecule has 2 unspecified atom stereocenters. The van der Waals surface area contributed by atoms with Gasteiger partial charge in [0, 0.05) is 20.3 Å². The van der Waals surface area contributed by atoms with E-state index in [1.54, 1.807) is 7.11 Å². The molecule has 5 heteroatoms. The van der Waals surface area contributed by atoms with E-state index >= 15 is 0 Å². The molecule has 0 saturated carbocycles. The van der Waals surface area contributed by atoms with Gasteiger partial charge in [-0.3, -0.25) is 4.79 Å². The van der Waals surface area contributed by atoms with Gasteiger partial charge in [0.15, 0.2) is 0 Å². The zero-order chi connectivity index (χ0) is 12.4. The molecule has 0 saturated heterocycles. The molecular formula is C12H27ClN2O2. The Morgan fingerprint density at radius 1 is 1.35 bits per heavy atom. The van der Waals surface area contributed by atoms with Gasteiger partial charge >= 0.3 is 0 Å². The average Bonchev–Trinajstić information content (AvgIpc) is 2.31. The monoisotopic (exact) mass is 266 g/mol. The lowest BCUT2D eigenvalue weighted by Crippen LogP contribution is -2.44. The molecule has 0 fully saturated rings. The maximum absolute atomic E-state index is 11.6. The van der Waals surface area contributed by atoms with Crippen LogP contribution in [0.3, 0.4) is 0 Å². The number of hydrogen-bond donors (Lipinski definition) is 2. The van der Waals surface area contributed by atoms with E-state index in [9.17, 15) is 4.79 Å². The van der Waals surface area contributed by atoms with Crippen LogP contribution in [0.15, 0.2) is 0 Å². The van der Waals surface area contributed by atoms with Gasteiger partial charge in [-0.05, 0) is 25.2 Å². The molecule has 0 radical (unpaired) electrons. The van der Waals surface area contributed by atoms with E-state index in [0.717, 1.165) is 32.3 Å². The Morgan fingerprint density at radius 2 is 2.00 bits per heavy atom. The van der Waals surface area contributed by atoms with Crippen molar-refractivity contribution in [1.82, 2.24) is 5.32 Å². The van der Waals surface area contributed by atoms with E-state index < -0.39 is 0 Å². The zero-order valence-corrected chi connectivity index (χ0v) is 12.0. The van der Waals surface area contributed by atoms with Crippen LogP contribution in [-0.4, -0.2) is 32.2 Å². The molecule has 0 rings (SSSR count). The van der Waals surface area contributed by atoms with Crippen LogP contribution in [0, 0.1) is 5.92 Å². The van der Waals surface area contributed by atoms with E-state index in [1.165, 1.54) is 0 Å². The predicted octanol–water partition coefficient (Wildman–Crippen LogP) is 1.71. The number of carbonyl (C=O) groups is 1. The summed E-state index contributed by atoms with van der Waals surface area (Å²) < 4.78 is 4.95. The summed E-state index contributed by atoms with van der Waals surface area (Å²) in [6, 6.07) is -0.371. The smallest absolute Gasteiger partial charge is 0.237 e. The molecular weight excluding hydrogens is 240 g/mol. The number of carbonyl (C=O) groups excluding carboxylic acids is 1. The highest BCUT2D eigenvalue weighted by Gasteiger charge is 2.18. The van der Waals surface area contributed by atoms with Gasteiger partial charge in [-0.2, -0.15) is 0 Å². The van der Waals surface area contributed by atoms with Crippen molar-refractivity contribution < 1.29 is 9.53 Å². The maximum Gasteiger partial charge on any atom is 0.237 e. The lowest BCUT2D eigenvalue weighted by atomic mass is 9.99. The van der Waals surface area contributed by atoms with E-state index in [1.807, 2.05) is 13.8 Å². The molecule has 0 heterocycles. The Morgan fingerprint density at radius 3 is 2.53 bits per heavy atom. The molecule has 0 aliphatic carbocycles. The van der Waals surface area contributed by atoms with Crippen LogP contribution in [-0.2, 0) is 9.53 Å². The number of unbranched alkanes of at least 4 members (excludes halogenated alkanes) is 2. The summed E-state index contributed by atoms with van der Waals surface area (Å²) in [6.07, 6.45) is 4.04. The van der Waals surface area contributed by atoms with E-state index in [-0.39, 0.29) is 30.3 Å². The Hall–Kier alpha value is -0.320. The molecule has 104 valence electrons. The van der Waals surface area contributed by atoms with Gasteiger partial charge in [0.2, 0.25) is 5.91 Å². The van der Waals surface area contributed by atoms with Crippen molar-refractivity contribution >= 4 is 18.3 Å². The third-order valence-corrected chi connectivity index (χ3v) is 2.88. The number of methoxy groups -OCH3 is 1. The number of amides is 1. The second-order valence-corrected chi connectivity index (χ2v) is 4.26. The minimum Gasteiger partial charge on any atom is -0.385 e. The lowest BCUT2D eigenvalue weighted by molar-refractivity contribution is -0.123. The first-order valence-corrected chi connectivity index (χ1v) is 6.15. The van der Waals surface area contributed by atoms with Gasteiger partial charge in [0.25, 0.3) is 0 Å². The van der Waals surface area contributed by atoms with Crippen LogP contribution in [0.1, 0.15) is 39.5 Å². The van der Waals surface area contributed by atoms with Gasteiger partial charge in [0.05, 0.1) is 6.04 Å². The Balaban J connectivity index is 0. The van der Waals surface area contributed by atoms with Crippen LogP contribution < -0.4 is 11.1 Å². The molecule has 0 aromatic rings. The molecule has 0 aliphatic heterocycles. The first-order chi connectivity index (χ1) is 7.63. The molecule has 17 heavy (non-hydrogen) atoms. The average molecular weight is 267 g/mol. The largest absolute Gasteiger partial charge is 0.385 e. The maximum atomic E-state index is 11.6. The fourth-order valence-electron chi connectivity index (χ4n) is 1.39. The molecule has 0 spiro atoms. The minimum atomic E-state index is -0.371. The van der Waals surface area contributed by atoms with Crippen molar-refractivity contribution in [3.8, 4) is 0 Å². The Kier molecular flexibility index (Phi) is 13.6. The molecule has 4 nitrogen and oxygen atoms in total. The number of rotatable bonds is 9. The van der Waals surface area contributed by atoms with Gasteiger partial charge in [-0.15, -0.1) is 12.4 Å². The second kappa shape index (κ2) is 12.1. The summed E-state index contributed by atoms with van der Waals surface area (Å²) in [6.45, 7) is 5.55. The van der Waals surface area contributed by atoms with Crippen molar-refractivity contribution in [3.63, 3.8) is 0 Å². The third-order valence-electron chi connectivity index (χ3n) is 2.88. The summed E-state index contributed by atoms with van der Waals surface area (Å²) >= 11 is 0. The molecule has 0 aliphatic rings. The predicted molar refractivity (Wildman–Crippen MR) is 73.4 cm³/mol. The first-order valence-electron chi connectivity index (χ1n) is 6.15. The quantitative estimate of drug-likeness (QED) is 0.625. The van der Waals surface area contributed by atoms with Gasteiger partial charge in [0.1, 0.15) is 0 Å². The Labute approximate surface area is 111 Å². The minimum absolute atomic E-state index is 0. The lowest BCUT2D eigenvalue weighted by Gasteiger charge is -2.17. The summed E-state index contributed by atoms with van der Waals surface area (Å²) in [5, 5.41) is 2.87. The van der Waals surface area contributed by atoms with Gasteiger partial charge < -0.3 is 15.8 Å². The summed E-state index contributed by atoms with van der Waals surface area (Å²) in [4.78, 5) is 11.6. The number of nitrogens with one attached hydrogen (secondary N) is 1. The molecule has 0 bridgehead atoms. The second-order valence-electron chi connectivity index (χ2n) is 4.26. The van der Waals surface area contributed by atoms with Crippen molar-refractivity contribution in [2.45, 2.75) is 45.6 Å². The van der Waals surface area contributed by atoms with Crippen molar-refractivity contribution in [3.05, 3.63) is 0 Å². The van der Waals surface area contributed by atoms with Crippen LogP contribution in [0.25, 0.3) is 0 Å². The van der Waals surface area contributed by atoms with E-state index in [0.29, 0.717) is 6.54 Å². The van der Waals surface area contributed by atoms with Crippen LogP contribution in [0.5, 0.6) is 0 Å². The van der Waals surface area contributed by atoms with Crippen molar-refractivity contribution in [2.75, 3.05) is 20.3 Å². The molecule has 1 amide bonds. The standard InChI is InChI=1S/C12H26N2O2.ClH/c1-4-10(2)11(13)12(15)14-8-6-5-7-9-16-3;/h10-11H,4-9,13H2,1-3H3,(H,14,15);1H. The van der Waals surface area contributed by atoms with Crippen molar-refractivity contribution in [1.29, 1.82) is 0 Å². The first kappa shape index (κ1) is 19.0. The van der Waals surface area contributed by atoms with Gasteiger partial charge in [-0.1, -0.05) is 20.3 Å². The number of halogens is 1. The zero-order valence-electron chi connectivity index (χ0n) is 11.2. The fraction of sp³-hybridized carbons (Fsp3) is 0.917. The SMILES string of the molecule is CCC(C)C(N)C(=O)NCCCCCOC.Cl. The van der Waals surface area contributed by atoms with Crippen molar-refractivity contribution in [2.24, 2.45) is 11.7 Å². The van der Waals surface area contributed by atoms with Gasteiger partial charge in [-0.25, -0.2) is 0 Å². The third kappa shape index (κ3) is 9.39. The highest BCUT2D eigenvalue weighted by atomic mass is 35.5. The summed E-state index contributed by atoms with van der Waals surface area (Å²) in [7, 11) is 1.70. The highest BCUT2D eigenvalue weighted by Crippen LogP contribution is 2.05. The molecule has 0 aromatic heterocycles. The van der Waals surface area contributed by atoms with Crippen LogP contribution >= 0.6 is 12.4 Å². The van der Waals surface area contributed by atoms with E-state index in [4.69, 9.17) is 10.5 Å². The van der Waals surface area contributed by atoms with E-state index in [2.05, 4.69) is 5.32 Å². The topological polar surface area (TPSA) is 64.4 Å². The molecule has 2 atom stereocenters. The highest BCUT2D eigenvalue weighted by molar-refractivity contribution is 5.85. The number of nitrogens with two attached hydrogens (primary N) is 1. The number of hydrogen-bond acceptors (Lipinski definition) is 3. The van der Waals surface area contributed by atoms with Crippen LogP contribution in [0.4, 0.5) is 0 Å². The molecule has 3 N–H and O–H groups in total. The van der Waals surface area contributed by atoms with Crippen LogP contribution in [0.2, 0.25) is 0 Å². The Bertz CT molecular complexity index is 191. The fourth-order valence-corrected chi connectivity index (χ4v) is 1.39. The molecule has 0 aromatic carbocycles.